The van der Waals surface area contributed by atoms with E-state index >= 15 is 0 Å². The highest BCUT2D eigenvalue weighted by Crippen LogP contribution is 2.17. The van der Waals surface area contributed by atoms with E-state index in [1.165, 1.54) is 12.3 Å². The Bertz CT molecular complexity index is 1030. The Balaban J connectivity index is 1.56. The highest BCUT2D eigenvalue weighted by molar-refractivity contribution is 9.10. The molecule has 8 heteroatoms. The Hall–Kier alpha value is -3.52. The van der Waals surface area contributed by atoms with Crippen LogP contribution in [0.4, 0.5) is 5.69 Å². The van der Waals surface area contributed by atoms with E-state index in [0.29, 0.717) is 23.5 Å². The van der Waals surface area contributed by atoms with Gasteiger partial charge in [-0.05, 0) is 48.0 Å². The third-order valence-corrected chi connectivity index (χ3v) is 4.47. The standard InChI is InChI=1S/C21H16BrN3O4/c22-18-9-5-15(6-10-18)14-29-19-11-7-16(8-12-19)21(26)24-23-13-17-3-1-2-4-20(17)25(27)28/h1-13H,14H2,(H,24,26). The van der Waals surface area contributed by atoms with Crippen molar-refractivity contribution in [3.63, 3.8) is 0 Å². The first-order valence-electron chi connectivity index (χ1n) is 8.57. The summed E-state index contributed by atoms with van der Waals surface area (Å²) in [5, 5.41) is 14.8. The second-order valence-electron chi connectivity index (χ2n) is 5.95. The number of ether oxygens (including phenoxy) is 1. The number of halogens is 1. The number of nitrogens with one attached hydrogen (secondary N) is 1. The maximum atomic E-state index is 12.2. The average molecular weight is 454 g/mol. The molecule has 0 aliphatic carbocycles. The number of rotatable bonds is 7. The van der Waals surface area contributed by atoms with E-state index in [2.05, 4.69) is 26.5 Å². The maximum Gasteiger partial charge on any atom is 0.278 e. The van der Waals surface area contributed by atoms with Crippen LogP contribution < -0.4 is 10.2 Å². The molecule has 1 amide bonds. The van der Waals surface area contributed by atoms with Gasteiger partial charge in [0.05, 0.1) is 16.7 Å². The molecule has 0 saturated heterocycles. The van der Waals surface area contributed by atoms with Crippen molar-refractivity contribution in [1.29, 1.82) is 0 Å². The molecule has 0 radical (unpaired) electrons. The van der Waals surface area contributed by atoms with Crippen LogP contribution in [-0.4, -0.2) is 17.0 Å². The predicted molar refractivity (Wildman–Crippen MR) is 113 cm³/mol. The Labute approximate surface area is 175 Å². The Kier molecular flexibility index (Phi) is 6.70. The minimum absolute atomic E-state index is 0.0854. The molecule has 0 atom stereocenters. The number of hydrogen-bond donors (Lipinski definition) is 1. The lowest BCUT2D eigenvalue weighted by Gasteiger charge is -2.07. The third-order valence-electron chi connectivity index (χ3n) is 3.94. The van der Waals surface area contributed by atoms with Crippen LogP contribution in [0.2, 0.25) is 0 Å². The summed E-state index contributed by atoms with van der Waals surface area (Å²) >= 11 is 3.39. The maximum absolute atomic E-state index is 12.2. The van der Waals surface area contributed by atoms with Gasteiger partial charge in [-0.1, -0.05) is 40.2 Å². The van der Waals surface area contributed by atoms with Crippen molar-refractivity contribution in [1.82, 2.24) is 5.43 Å². The topological polar surface area (TPSA) is 93.8 Å². The number of carbonyl (C=O) groups excluding carboxylic acids is 1. The molecule has 3 rings (SSSR count). The van der Waals surface area contributed by atoms with Crippen LogP contribution in [0.3, 0.4) is 0 Å². The molecule has 0 aliphatic rings. The van der Waals surface area contributed by atoms with Crippen LogP contribution in [0.25, 0.3) is 0 Å². The van der Waals surface area contributed by atoms with Crippen molar-refractivity contribution < 1.29 is 14.5 Å². The minimum atomic E-state index is -0.504. The van der Waals surface area contributed by atoms with Crippen molar-refractivity contribution in [2.24, 2.45) is 5.10 Å². The number of nitro benzene ring substituents is 1. The van der Waals surface area contributed by atoms with Crippen molar-refractivity contribution in [2.45, 2.75) is 6.61 Å². The van der Waals surface area contributed by atoms with Gasteiger partial charge in [0.15, 0.2) is 0 Å². The highest BCUT2D eigenvalue weighted by Gasteiger charge is 2.10. The van der Waals surface area contributed by atoms with E-state index in [0.717, 1.165) is 10.0 Å². The Morgan fingerprint density at radius 2 is 1.76 bits per heavy atom. The number of benzene rings is 3. The number of hydrazone groups is 1. The first kappa shape index (κ1) is 20.2. The zero-order valence-corrected chi connectivity index (χ0v) is 16.7. The molecule has 0 aromatic heterocycles. The number of nitrogens with zero attached hydrogens (tertiary/aromatic N) is 2. The molecule has 7 nitrogen and oxygen atoms in total. The molecule has 0 saturated carbocycles. The molecule has 1 N–H and O–H groups in total. The number of nitro groups is 1. The van der Waals surface area contributed by atoms with Gasteiger partial charge in [0.2, 0.25) is 0 Å². The van der Waals surface area contributed by atoms with Gasteiger partial charge in [0.25, 0.3) is 11.6 Å². The molecule has 0 unspecified atom stereocenters. The summed E-state index contributed by atoms with van der Waals surface area (Å²) in [4.78, 5) is 22.6. The normalized spacial score (nSPS) is 10.7. The SMILES string of the molecule is O=C(NN=Cc1ccccc1[N+](=O)[O-])c1ccc(OCc2ccc(Br)cc2)cc1. The number of para-hydroxylation sites is 1. The second-order valence-corrected chi connectivity index (χ2v) is 6.87. The van der Waals surface area contributed by atoms with Crippen LogP contribution in [0.5, 0.6) is 5.75 Å². The van der Waals surface area contributed by atoms with Gasteiger partial charge in [0.1, 0.15) is 12.4 Å². The molecule has 29 heavy (non-hydrogen) atoms. The summed E-state index contributed by atoms with van der Waals surface area (Å²) in [6.45, 7) is 0.416. The average Bonchev–Trinajstić information content (AvgIpc) is 2.74. The van der Waals surface area contributed by atoms with E-state index in [4.69, 9.17) is 4.74 Å². The summed E-state index contributed by atoms with van der Waals surface area (Å²) < 4.78 is 6.70. The largest absolute Gasteiger partial charge is 0.489 e. The number of carbonyl (C=O) groups is 1. The summed E-state index contributed by atoms with van der Waals surface area (Å²) in [7, 11) is 0. The predicted octanol–water partition coefficient (Wildman–Crippen LogP) is 4.70. The van der Waals surface area contributed by atoms with Crippen LogP contribution >= 0.6 is 15.9 Å². The summed E-state index contributed by atoms with van der Waals surface area (Å²) in [6, 6.07) is 20.6. The van der Waals surface area contributed by atoms with Gasteiger partial charge in [-0.15, -0.1) is 0 Å². The second kappa shape index (κ2) is 9.61. The summed E-state index contributed by atoms with van der Waals surface area (Å²) in [6.07, 6.45) is 1.24. The highest BCUT2D eigenvalue weighted by atomic mass is 79.9. The van der Waals surface area contributed by atoms with Crippen LogP contribution in [0.1, 0.15) is 21.5 Å². The van der Waals surface area contributed by atoms with Crippen molar-refractivity contribution >= 4 is 33.7 Å². The van der Waals surface area contributed by atoms with Gasteiger partial charge in [-0.2, -0.15) is 5.10 Å². The lowest BCUT2D eigenvalue weighted by molar-refractivity contribution is -0.385. The molecule has 0 heterocycles. The van der Waals surface area contributed by atoms with E-state index in [-0.39, 0.29) is 5.69 Å². The van der Waals surface area contributed by atoms with Gasteiger partial charge < -0.3 is 4.74 Å². The van der Waals surface area contributed by atoms with E-state index in [9.17, 15) is 14.9 Å². The number of hydrogen-bond acceptors (Lipinski definition) is 5. The fourth-order valence-electron chi connectivity index (χ4n) is 2.44. The van der Waals surface area contributed by atoms with Crippen LogP contribution in [0, 0.1) is 10.1 Å². The third kappa shape index (κ3) is 5.73. The number of amides is 1. The zero-order chi connectivity index (χ0) is 20.6. The van der Waals surface area contributed by atoms with Gasteiger partial charge in [-0.25, -0.2) is 5.43 Å². The van der Waals surface area contributed by atoms with Crippen LogP contribution in [0.15, 0.2) is 82.4 Å². The molecule has 146 valence electrons. The molecular formula is C21H16BrN3O4. The summed E-state index contributed by atoms with van der Waals surface area (Å²) in [5.41, 5.74) is 3.99. The van der Waals surface area contributed by atoms with E-state index < -0.39 is 10.8 Å². The van der Waals surface area contributed by atoms with E-state index in [1.54, 1.807) is 42.5 Å². The Morgan fingerprint density at radius 1 is 1.07 bits per heavy atom. The molecule has 0 bridgehead atoms. The van der Waals surface area contributed by atoms with Gasteiger partial charge in [0, 0.05) is 16.1 Å². The van der Waals surface area contributed by atoms with Crippen LogP contribution in [-0.2, 0) is 6.61 Å². The summed E-state index contributed by atoms with van der Waals surface area (Å²) in [5.74, 6) is 0.201. The van der Waals surface area contributed by atoms with Crippen molar-refractivity contribution in [3.8, 4) is 5.75 Å². The lowest BCUT2D eigenvalue weighted by atomic mass is 10.2. The van der Waals surface area contributed by atoms with E-state index in [1.807, 2.05) is 24.3 Å². The fraction of sp³-hybridized carbons (Fsp3) is 0.0476. The van der Waals surface area contributed by atoms with Crippen molar-refractivity contribution in [2.75, 3.05) is 0 Å². The Morgan fingerprint density at radius 3 is 2.45 bits per heavy atom. The molecule has 0 fully saturated rings. The van der Waals surface area contributed by atoms with Crippen molar-refractivity contribution in [3.05, 3.63) is 104 Å². The molecular weight excluding hydrogens is 438 g/mol. The molecule has 3 aromatic carbocycles. The molecule has 3 aromatic rings. The molecule has 0 aliphatic heterocycles. The first-order chi connectivity index (χ1) is 14.0. The quantitative estimate of drug-likeness (QED) is 0.318. The first-order valence-corrected chi connectivity index (χ1v) is 9.36. The fourth-order valence-corrected chi connectivity index (χ4v) is 2.70. The van der Waals surface area contributed by atoms with Gasteiger partial charge >= 0.3 is 0 Å². The smallest absolute Gasteiger partial charge is 0.278 e. The zero-order valence-electron chi connectivity index (χ0n) is 15.1. The van der Waals surface area contributed by atoms with Gasteiger partial charge in [-0.3, -0.25) is 14.9 Å². The molecule has 0 spiro atoms. The lowest BCUT2D eigenvalue weighted by Crippen LogP contribution is -2.17. The minimum Gasteiger partial charge on any atom is -0.489 e. The monoisotopic (exact) mass is 453 g/mol.